The van der Waals surface area contributed by atoms with Crippen molar-refractivity contribution in [2.75, 3.05) is 0 Å². The molecule has 5 rings (SSSR count). The Morgan fingerprint density at radius 3 is 1.89 bits per heavy atom. The molecule has 0 amide bonds. The van der Waals surface area contributed by atoms with Gasteiger partial charge in [0.05, 0.1) is 11.3 Å². The number of nitrogens with zero attached hydrogens (tertiary/aromatic N) is 2. The van der Waals surface area contributed by atoms with Gasteiger partial charge in [0.2, 0.25) is 0 Å². The summed E-state index contributed by atoms with van der Waals surface area (Å²) in [5, 5.41) is 0. The van der Waals surface area contributed by atoms with Crippen LogP contribution < -0.4 is 0 Å². The first-order chi connectivity index (χ1) is 16.9. The highest BCUT2D eigenvalue weighted by atomic mass is 79.9. The smallest absolute Gasteiger partial charge is 0.322 e. The maximum absolute atomic E-state index is 3.54. The van der Waals surface area contributed by atoms with Gasteiger partial charge in [0.1, 0.15) is 0 Å². The molecule has 0 unspecified atom stereocenters. The highest BCUT2D eigenvalue weighted by Crippen LogP contribution is 2.42. The SMILES string of the molecule is CC.CCC1=C(C)C2=C(c3ccc(-c4ccc(Br)cc4)cc3)c3c(C)c(CC)c(C)n3[B][N+]2=C1C. The number of aromatic nitrogens is 1. The average Bonchev–Trinajstić information content (AvgIpc) is 3.28. The summed E-state index contributed by atoms with van der Waals surface area (Å²) in [6.07, 6.45) is 2.10. The molecule has 0 saturated heterocycles. The van der Waals surface area contributed by atoms with Crippen LogP contribution in [-0.4, -0.2) is 22.2 Å². The fourth-order valence-corrected chi connectivity index (χ4v) is 6.00. The summed E-state index contributed by atoms with van der Waals surface area (Å²) in [5.74, 6) is 0. The van der Waals surface area contributed by atoms with Gasteiger partial charge in [-0.15, -0.1) is 0 Å². The standard InChI is InChI=1S/C29H30BBrN2.C2H6/c1-7-25-17(3)28-27(23-11-9-21(10-12-23)22-13-15-24(31)16-14-22)29-18(4)26(8-2)20(6)33(29)30-32(28)19(25)5;1-2/h9-16H,7-8H2,1-6H3;1-2H3/q+1;. The molecule has 3 aromatic rings. The monoisotopic (exact) mass is 526 g/mol. The van der Waals surface area contributed by atoms with E-state index in [0.717, 1.165) is 17.3 Å². The van der Waals surface area contributed by atoms with Crippen LogP contribution in [0.4, 0.5) is 0 Å². The molecule has 2 nitrogen and oxygen atoms in total. The second-order valence-electron chi connectivity index (χ2n) is 9.10. The predicted molar refractivity (Wildman–Crippen MR) is 155 cm³/mol. The molecule has 0 fully saturated rings. The lowest BCUT2D eigenvalue weighted by Gasteiger charge is -2.20. The molecule has 0 saturated carbocycles. The zero-order valence-corrected chi connectivity index (χ0v) is 24.0. The van der Waals surface area contributed by atoms with Crippen LogP contribution in [-0.2, 0) is 6.42 Å². The third kappa shape index (κ3) is 4.10. The molecule has 2 aromatic carbocycles. The van der Waals surface area contributed by atoms with Crippen molar-refractivity contribution in [1.82, 2.24) is 4.48 Å². The molecule has 3 heterocycles. The van der Waals surface area contributed by atoms with Crippen LogP contribution in [0.2, 0.25) is 0 Å². The van der Waals surface area contributed by atoms with E-state index in [9.17, 15) is 0 Å². The van der Waals surface area contributed by atoms with Crippen LogP contribution in [0.1, 0.15) is 76.0 Å². The van der Waals surface area contributed by atoms with Gasteiger partial charge < -0.3 is 4.48 Å². The first-order valence-electron chi connectivity index (χ1n) is 12.9. The zero-order chi connectivity index (χ0) is 25.4. The number of hydrogen-bond donors (Lipinski definition) is 0. The summed E-state index contributed by atoms with van der Waals surface area (Å²) in [4.78, 5) is 0. The number of rotatable bonds is 4. The molecule has 0 N–H and O–H groups in total. The third-order valence-electron chi connectivity index (χ3n) is 7.46. The van der Waals surface area contributed by atoms with E-state index in [1.807, 2.05) is 13.8 Å². The number of benzene rings is 2. The first-order valence-corrected chi connectivity index (χ1v) is 13.7. The van der Waals surface area contributed by atoms with Crippen molar-refractivity contribution < 1.29 is 4.49 Å². The second kappa shape index (κ2) is 10.2. The van der Waals surface area contributed by atoms with E-state index in [0.29, 0.717) is 0 Å². The second-order valence-corrected chi connectivity index (χ2v) is 10.0. The lowest BCUT2D eigenvalue weighted by molar-refractivity contribution is -0.315. The van der Waals surface area contributed by atoms with E-state index in [-0.39, 0.29) is 0 Å². The molecular formula is C31H36BBrN2+. The summed E-state index contributed by atoms with van der Waals surface area (Å²) >= 11 is 3.54. The van der Waals surface area contributed by atoms with Gasteiger partial charge in [-0.05, 0) is 73.6 Å². The van der Waals surface area contributed by atoms with Gasteiger partial charge >= 0.3 is 7.55 Å². The van der Waals surface area contributed by atoms with Crippen molar-refractivity contribution in [2.24, 2.45) is 0 Å². The van der Waals surface area contributed by atoms with E-state index in [1.165, 1.54) is 67.3 Å². The predicted octanol–water partition coefficient (Wildman–Crippen LogP) is 8.49. The molecule has 35 heavy (non-hydrogen) atoms. The Labute approximate surface area is 220 Å². The Bertz CT molecular complexity index is 1370. The van der Waals surface area contributed by atoms with Crippen molar-refractivity contribution in [2.45, 2.75) is 68.2 Å². The Balaban J connectivity index is 0.00000141. The van der Waals surface area contributed by atoms with E-state index in [1.54, 1.807) is 0 Å². The quantitative estimate of drug-likeness (QED) is 0.301. The van der Waals surface area contributed by atoms with Crippen LogP contribution >= 0.6 is 15.9 Å². The zero-order valence-electron chi connectivity index (χ0n) is 22.4. The summed E-state index contributed by atoms with van der Waals surface area (Å²) < 4.78 is 5.95. The highest BCUT2D eigenvalue weighted by Gasteiger charge is 2.43. The summed E-state index contributed by atoms with van der Waals surface area (Å²) in [6, 6.07) is 17.7. The van der Waals surface area contributed by atoms with Crippen LogP contribution in [0.3, 0.4) is 0 Å². The van der Waals surface area contributed by atoms with Crippen molar-refractivity contribution in [3.05, 3.63) is 97.9 Å². The van der Waals surface area contributed by atoms with Gasteiger partial charge in [-0.25, -0.2) is 0 Å². The molecular weight excluding hydrogens is 491 g/mol. The molecule has 179 valence electrons. The van der Waals surface area contributed by atoms with Crippen LogP contribution in [0.25, 0.3) is 16.7 Å². The molecule has 2 aliphatic rings. The molecule has 4 heteroatoms. The van der Waals surface area contributed by atoms with Crippen LogP contribution in [0.15, 0.2) is 69.8 Å². The largest absolute Gasteiger partial charge is 0.699 e. The molecule has 1 radical (unpaired) electrons. The van der Waals surface area contributed by atoms with E-state index < -0.39 is 0 Å². The van der Waals surface area contributed by atoms with Gasteiger partial charge in [0.15, 0.2) is 11.4 Å². The van der Waals surface area contributed by atoms with Gasteiger partial charge in [-0.3, -0.25) is 4.49 Å². The lowest BCUT2D eigenvalue weighted by Crippen LogP contribution is -2.32. The third-order valence-corrected chi connectivity index (χ3v) is 7.99. The first kappa shape index (κ1) is 25.5. The van der Waals surface area contributed by atoms with Gasteiger partial charge in [-0.2, -0.15) is 0 Å². The maximum Gasteiger partial charge on any atom is 0.699 e. The molecule has 2 aliphatic heterocycles. The summed E-state index contributed by atoms with van der Waals surface area (Å²) in [7, 11) is 2.31. The van der Waals surface area contributed by atoms with E-state index in [4.69, 9.17) is 0 Å². The minimum Gasteiger partial charge on any atom is -0.322 e. The van der Waals surface area contributed by atoms with Crippen molar-refractivity contribution in [3.8, 4) is 11.1 Å². The molecule has 0 spiro atoms. The maximum atomic E-state index is 3.54. The Morgan fingerprint density at radius 2 is 1.34 bits per heavy atom. The Hall–Kier alpha value is -2.59. The molecule has 0 bridgehead atoms. The summed E-state index contributed by atoms with van der Waals surface area (Å²) in [5.41, 5.74) is 16.2. The highest BCUT2D eigenvalue weighted by molar-refractivity contribution is 9.10. The minimum atomic E-state index is 1.05. The van der Waals surface area contributed by atoms with Gasteiger partial charge in [0.25, 0.3) is 0 Å². The molecule has 0 aliphatic carbocycles. The summed E-state index contributed by atoms with van der Waals surface area (Å²) in [6.45, 7) is 17.6. The fraction of sp³-hybridized carbons (Fsp3) is 0.323. The van der Waals surface area contributed by atoms with Gasteiger partial charge in [-0.1, -0.05) is 80.0 Å². The van der Waals surface area contributed by atoms with Crippen molar-refractivity contribution in [1.29, 1.82) is 0 Å². The molecule has 1 aromatic heterocycles. The molecule has 0 atom stereocenters. The van der Waals surface area contributed by atoms with Crippen molar-refractivity contribution >= 4 is 34.8 Å². The number of fused-ring (bicyclic) bond motifs is 2. The number of hydrogen-bond acceptors (Lipinski definition) is 0. The van der Waals surface area contributed by atoms with Crippen LogP contribution in [0, 0.1) is 13.8 Å². The van der Waals surface area contributed by atoms with Crippen LogP contribution in [0.5, 0.6) is 0 Å². The Morgan fingerprint density at radius 1 is 0.800 bits per heavy atom. The normalized spacial score (nSPS) is 14.5. The Kier molecular flexibility index (Phi) is 7.42. The topological polar surface area (TPSA) is 7.94 Å². The lowest BCUT2D eigenvalue weighted by atomic mass is 9.88. The van der Waals surface area contributed by atoms with E-state index in [2.05, 4.69) is 123 Å². The van der Waals surface area contributed by atoms with Crippen molar-refractivity contribution in [3.63, 3.8) is 0 Å². The minimum absolute atomic E-state index is 1.05. The number of halogens is 1. The fourth-order valence-electron chi connectivity index (χ4n) is 5.74. The van der Waals surface area contributed by atoms with E-state index >= 15 is 0 Å². The number of allylic oxidation sites excluding steroid dienone is 2. The average molecular weight is 527 g/mol. The van der Waals surface area contributed by atoms with Gasteiger partial charge in [0, 0.05) is 28.2 Å².